The van der Waals surface area contributed by atoms with Crippen molar-refractivity contribution in [1.29, 1.82) is 0 Å². The summed E-state index contributed by atoms with van der Waals surface area (Å²) in [5.41, 5.74) is 6.60. The standard InChI is InChI=1S/C30H31N3O4/c1-7-26(30(35)36-6)37-21-10-13-24(25(34)16-21)29-32-27(22-11-8-17(2)14-19(22)4)31-28(33-29)23-12-9-18(3)15-20(23)5/h8-16,26,34H,7H2,1-6H3. The van der Waals surface area contributed by atoms with Crippen molar-refractivity contribution >= 4 is 5.97 Å². The molecule has 4 rings (SSSR count). The number of methoxy groups -OCH3 is 1. The molecule has 1 aromatic heterocycles. The molecular weight excluding hydrogens is 466 g/mol. The molecule has 1 N–H and O–H groups in total. The fourth-order valence-electron chi connectivity index (χ4n) is 4.23. The summed E-state index contributed by atoms with van der Waals surface area (Å²) in [6.45, 7) is 9.96. The molecule has 7 nitrogen and oxygen atoms in total. The highest BCUT2D eigenvalue weighted by Crippen LogP contribution is 2.34. The second-order valence-corrected chi connectivity index (χ2v) is 9.16. The molecule has 190 valence electrons. The number of aryl methyl sites for hydroxylation is 4. The SMILES string of the molecule is CCC(Oc1ccc(-c2nc(-c3ccc(C)cc3C)nc(-c3ccc(C)cc3C)n2)c(O)c1)C(=O)OC. The van der Waals surface area contributed by atoms with Crippen molar-refractivity contribution in [2.75, 3.05) is 7.11 Å². The molecule has 4 aromatic rings. The molecule has 0 fully saturated rings. The van der Waals surface area contributed by atoms with Gasteiger partial charge in [0.15, 0.2) is 23.6 Å². The summed E-state index contributed by atoms with van der Waals surface area (Å²) >= 11 is 0. The minimum Gasteiger partial charge on any atom is -0.507 e. The zero-order chi connectivity index (χ0) is 26.7. The first-order valence-corrected chi connectivity index (χ1v) is 12.2. The molecule has 0 aliphatic rings. The monoisotopic (exact) mass is 497 g/mol. The van der Waals surface area contributed by atoms with Gasteiger partial charge >= 0.3 is 5.97 Å². The molecule has 0 radical (unpaired) electrons. The highest BCUT2D eigenvalue weighted by molar-refractivity contribution is 5.75. The summed E-state index contributed by atoms with van der Waals surface area (Å²) in [7, 11) is 1.32. The number of hydrogen-bond donors (Lipinski definition) is 1. The normalized spacial score (nSPS) is 11.7. The predicted molar refractivity (Wildman–Crippen MR) is 143 cm³/mol. The number of benzene rings is 3. The number of carbonyl (C=O) groups is 1. The van der Waals surface area contributed by atoms with E-state index in [1.807, 2.05) is 58.9 Å². The number of carbonyl (C=O) groups excluding carboxylic acids is 1. The van der Waals surface area contributed by atoms with Crippen LogP contribution in [0.15, 0.2) is 54.6 Å². The lowest BCUT2D eigenvalue weighted by atomic mass is 10.0. The zero-order valence-corrected chi connectivity index (χ0v) is 22.0. The third-order valence-corrected chi connectivity index (χ3v) is 6.20. The van der Waals surface area contributed by atoms with E-state index in [1.54, 1.807) is 12.1 Å². The average molecular weight is 498 g/mol. The van der Waals surface area contributed by atoms with Gasteiger partial charge in [-0.25, -0.2) is 19.7 Å². The van der Waals surface area contributed by atoms with Crippen molar-refractivity contribution in [3.05, 3.63) is 76.9 Å². The molecule has 1 unspecified atom stereocenters. The highest BCUT2D eigenvalue weighted by Gasteiger charge is 2.21. The minimum absolute atomic E-state index is 0.0680. The molecule has 3 aromatic carbocycles. The number of aromatic hydroxyl groups is 1. The van der Waals surface area contributed by atoms with Crippen LogP contribution in [0.3, 0.4) is 0 Å². The van der Waals surface area contributed by atoms with Gasteiger partial charge in [0, 0.05) is 17.2 Å². The second-order valence-electron chi connectivity index (χ2n) is 9.16. The van der Waals surface area contributed by atoms with Crippen molar-refractivity contribution in [1.82, 2.24) is 15.0 Å². The van der Waals surface area contributed by atoms with E-state index in [0.717, 1.165) is 33.4 Å². The molecule has 1 atom stereocenters. The topological polar surface area (TPSA) is 94.4 Å². The summed E-state index contributed by atoms with van der Waals surface area (Å²) in [5.74, 6) is 1.19. The molecule has 0 bridgehead atoms. The Bertz CT molecular complexity index is 1400. The van der Waals surface area contributed by atoms with Crippen molar-refractivity contribution in [2.45, 2.75) is 47.1 Å². The summed E-state index contributed by atoms with van der Waals surface area (Å²) < 4.78 is 10.5. The van der Waals surface area contributed by atoms with E-state index in [-0.39, 0.29) is 5.75 Å². The maximum atomic E-state index is 11.9. The Labute approximate surface area is 217 Å². The number of rotatable bonds is 7. The fourth-order valence-corrected chi connectivity index (χ4v) is 4.23. The molecule has 0 saturated carbocycles. The molecule has 1 heterocycles. The van der Waals surface area contributed by atoms with E-state index >= 15 is 0 Å². The smallest absolute Gasteiger partial charge is 0.347 e. The Kier molecular flexibility index (Phi) is 7.53. The maximum Gasteiger partial charge on any atom is 0.347 e. The van der Waals surface area contributed by atoms with Crippen molar-refractivity contribution in [3.8, 4) is 45.7 Å². The summed E-state index contributed by atoms with van der Waals surface area (Å²) in [5, 5.41) is 10.9. The van der Waals surface area contributed by atoms with Crippen molar-refractivity contribution in [2.24, 2.45) is 0 Å². The van der Waals surface area contributed by atoms with Crippen LogP contribution >= 0.6 is 0 Å². The van der Waals surface area contributed by atoms with Crippen LogP contribution < -0.4 is 4.74 Å². The van der Waals surface area contributed by atoms with E-state index in [9.17, 15) is 9.90 Å². The molecule has 0 amide bonds. The number of hydrogen-bond acceptors (Lipinski definition) is 7. The summed E-state index contributed by atoms with van der Waals surface area (Å²) in [6, 6.07) is 17.1. The Balaban J connectivity index is 1.83. The van der Waals surface area contributed by atoms with Crippen LogP contribution in [0.1, 0.15) is 35.6 Å². The molecule has 0 spiro atoms. The lowest BCUT2D eigenvalue weighted by molar-refractivity contribution is -0.148. The van der Waals surface area contributed by atoms with Gasteiger partial charge < -0.3 is 14.6 Å². The first-order chi connectivity index (χ1) is 17.7. The van der Waals surface area contributed by atoms with Gasteiger partial charge in [-0.2, -0.15) is 0 Å². The highest BCUT2D eigenvalue weighted by atomic mass is 16.6. The lowest BCUT2D eigenvalue weighted by Gasteiger charge is -2.16. The summed E-state index contributed by atoms with van der Waals surface area (Å²) in [4.78, 5) is 26.3. The van der Waals surface area contributed by atoms with Gasteiger partial charge in [0.25, 0.3) is 0 Å². The number of esters is 1. The van der Waals surface area contributed by atoms with Crippen LogP contribution in [0.5, 0.6) is 11.5 Å². The molecule has 7 heteroatoms. The van der Waals surface area contributed by atoms with Gasteiger partial charge in [0.1, 0.15) is 11.5 Å². The predicted octanol–water partition coefficient (Wildman–Crippen LogP) is 6.14. The minimum atomic E-state index is -0.764. The largest absolute Gasteiger partial charge is 0.507 e. The van der Waals surface area contributed by atoms with Crippen LogP contribution in [-0.2, 0) is 9.53 Å². The van der Waals surface area contributed by atoms with Gasteiger partial charge in [-0.1, -0.05) is 54.4 Å². The van der Waals surface area contributed by atoms with Gasteiger partial charge in [0.2, 0.25) is 0 Å². The molecule has 0 aliphatic carbocycles. The van der Waals surface area contributed by atoms with Crippen LogP contribution in [0.25, 0.3) is 34.2 Å². The van der Waals surface area contributed by atoms with Crippen LogP contribution in [0.2, 0.25) is 0 Å². The Morgan fingerprint density at radius 3 is 1.70 bits per heavy atom. The fraction of sp³-hybridized carbons (Fsp3) is 0.267. The van der Waals surface area contributed by atoms with E-state index in [2.05, 4.69) is 12.1 Å². The summed E-state index contributed by atoms with van der Waals surface area (Å²) in [6.07, 6.45) is -0.332. The van der Waals surface area contributed by atoms with Crippen molar-refractivity contribution in [3.63, 3.8) is 0 Å². The molecule has 0 saturated heterocycles. The number of aromatic nitrogens is 3. The van der Waals surface area contributed by atoms with Crippen LogP contribution in [-0.4, -0.2) is 39.2 Å². The number of phenolic OH excluding ortho intramolecular Hbond substituents is 1. The Hall–Kier alpha value is -4.26. The third-order valence-electron chi connectivity index (χ3n) is 6.20. The Morgan fingerprint density at radius 1 is 0.784 bits per heavy atom. The number of nitrogens with zero attached hydrogens (tertiary/aromatic N) is 3. The van der Waals surface area contributed by atoms with Gasteiger partial charge in [-0.05, 0) is 57.4 Å². The first-order valence-electron chi connectivity index (χ1n) is 12.2. The number of ether oxygens (including phenoxy) is 2. The van der Waals surface area contributed by atoms with E-state index in [1.165, 1.54) is 13.2 Å². The Morgan fingerprint density at radius 2 is 1.27 bits per heavy atom. The third kappa shape index (κ3) is 5.61. The van der Waals surface area contributed by atoms with E-state index in [4.69, 9.17) is 24.4 Å². The van der Waals surface area contributed by atoms with E-state index < -0.39 is 12.1 Å². The molecule has 0 aliphatic heterocycles. The van der Waals surface area contributed by atoms with Crippen molar-refractivity contribution < 1.29 is 19.4 Å². The number of phenols is 1. The van der Waals surface area contributed by atoms with Gasteiger partial charge in [0.05, 0.1) is 12.7 Å². The quantitative estimate of drug-likeness (QED) is 0.306. The van der Waals surface area contributed by atoms with Crippen LogP contribution in [0, 0.1) is 27.7 Å². The average Bonchev–Trinajstić information content (AvgIpc) is 2.86. The van der Waals surface area contributed by atoms with E-state index in [0.29, 0.717) is 35.2 Å². The van der Waals surface area contributed by atoms with Gasteiger partial charge in [-0.3, -0.25) is 0 Å². The zero-order valence-electron chi connectivity index (χ0n) is 22.0. The maximum absolute atomic E-state index is 11.9. The molecular formula is C30H31N3O4. The van der Waals surface area contributed by atoms with Gasteiger partial charge in [-0.15, -0.1) is 0 Å². The van der Waals surface area contributed by atoms with Crippen LogP contribution in [0.4, 0.5) is 0 Å². The second kappa shape index (κ2) is 10.8. The lowest BCUT2D eigenvalue weighted by Crippen LogP contribution is -2.27. The first kappa shape index (κ1) is 25.8. The molecule has 37 heavy (non-hydrogen) atoms.